The van der Waals surface area contributed by atoms with Gasteiger partial charge in [0.1, 0.15) is 0 Å². The molecule has 0 aliphatic heterocycles. The van der Waals surface area contributed by atoms with Crippen LogP contribution in [0.1, 0.15) is 65.2 Å². The maximum Gasteiger partial charge on any atom is 0.220 e. The SMILES string of the molecule is CCCCCCCC(=O)NC(CCC)C(N)=S. The van der Waals surface area contributed by atoms with Gasteiger partial charge in [0.2, 0.25) is 5.91 Å². The number of nitrogens with two attached hydrogens (primary N) is 1. The van der Waals surface area contributed by atoms with Gasteiger partial charge in [0.05, 0.1) is 11.0 Å². The topological polar surface area (TPSA) is 55.1 Å². The van der Waals surface area contributed by atoms with Crippen molar-refractivity contribution in [3.05, 3.63) is 0 Å². The Kier molecular flexibility index (Phi) is 10.1. The maximum absolute atomic E-state index is 11.6. The minimum atomic E-state index is -0.127. The van der Waals surface area contributed by atoms with Gasteiger partial charge in [0, 0.05) is 6.42 Å². The molecule has 0 spiro atoms. The van der Waals surface area contributed by atoms with Crippen molar-refractivity contribution in [2.45, 2.75) is 71.3 Å². The Morgan fingerprint density at radius 1 is 1.18 bits per heavy atom. The molecule has 0 aliphatic carbocycles. The molecule has 0 saturated carbocycles. The highest BCUT2D eigenvalue weighted by atomic mass is 32.1. The van der Waals surface area contributed by atoms with Gasteiger partial charge in [0.25, 0.3) is 0 Å². The predicted molar refractivity (Wildman–Crippen MR) is 77.0 cm³/mol. The number of hydrogen-bond donors (Lipinski definition) is 2. The molecule has 0 heterocycles. The van der Waals surface area contributed by atoms with Gasteiger partial charge in [-0.15, -0.1) is 0 Å². The number of hydrogen-bond acceptors (Lipinski definition) is 2. The van der Waals surface area contributed by atoms with Crippen molar-refractivity contribution in [2.24, 2.45) is 5.73 Å². The normalized spacial score (nSPS) is 12.1. The zero-order chi connectivity index (χ0) is 13.1. The third-order valence-corrected chi connectivity index (χ3v) is 3.05. The Morgan fingerprint density at radius 2 is 1.82 bits per heavy atom. The maximum atomic E-state index is 11.6. The molecule has 4 heteroatoms. The highest BCUT2D eigenvalue weighted by molar-refractivity contribution is 7.80. The van der Waals surface area contributed by atoms with E-state index < -0.39 is 0 Å². The fourth-order valence-electron chi connectivity index (χ4n) is 1.73. The largest absolute Gasteiger partial charge is 0.392 e. The Balaban J connectivity index is 3.71. The molecule has 100 valence electrons. The van der Waals surface area contributed by atoms with Crippen LogP contribution in [0.2, 0.25) is 0 Å². The molecule has 0 bridgehead atoms. The summed E-state index contributed by atoms with van der Waals surface area (Å²) in [5.41, 5.74) is 5.58. The first-order valence-corrected chi connectivity index (χ1v) is 7.11. The monoisotopic (exact) mass is 258 g/mol. The van der Waals surface area contributed by atoms with Gasteiger partial charge in [-0.05, 0) is 12.8 Å². The van der Waals surface area contributed by atoms with Gasteiger partial charge in [-0.25, -0.2) is 0 Å². The van der Waals surface area contributed by atoms with Crippen LogP contribution in [-0.4, -0.2) is 16.9 Å². The van der Waals surface area contributed by atoms with E-state index in [0.717, 1.165) is 25.7 Å². The number of unbranched alkanes of at least 4 members (excludes halogenated alkanes) is 4. The zero-order valence-electron chi connectivity index (χ0n) is 11.1. The number of nitrogens with one attached hydrogen (secondary N) is 1. The van der Waals surface area contributed by atoms with Gasteiger partial charge in [-0.3, -0.25) is 4.79 Å². The fraction of sp³-hybridized carbons (Fsp3) is 0.846. The number of rotatable bonds is 10. The van der Waals surface area contributed by atoms with Crippen molar-refractivity contribution in [2.75, 3.05) is 0 Å². The molecule has 17 heavy (non-hydrogen) atoms. The average Bonchev–Trinajstić information content (AvgIpc) is 2.28. The molecular weight excluding hydrogens is 232 g/mol. The summed E-state index contributed by atoms with van der Waals surface area (Å²) in [5.74, 6) is 0.0766. The molecule has 0 radical (unpaired) electrons. The number of thiocarbonyl (C=S) groups is 1. The summed E-state index contributed by atoms with van der Waals surface area (Å²) < 4.78 is 0. The number of amides is 1. The van der Waals surface area contributed by atoms with Crippen molar-refractivity contribution < 1.29 is 4.79 Å². The second-order valence-electron chi connectivity index (χ2n) is 4.48. The molecule has 3 N–H and O–H groups in total. The van der Waals surface area contributed by atoms with E-state index in [4.69, 9.17) is 18.0 Å². The second kappa shape index (κ2) is 10.5. The van der Waals surface area contributed by atoms with E-state index in [9.17, 15) is 4.79 Å². The van der Waals surface area contributed by atoms with E-state index in [1.54, 1.807) is 0 Å². The van der Waals surface area contributed by atoms with Gasteiger partial charge >= 0.3 is 0 Å². The molecular formula is C13H26N2OS. The summed E-state index contributed by atoms with van der Waals surface area (Å²) >= 11 is 4.93. The Morgan fingerprint density at radius 3 is 2.35 bits per heavy atom. The zero-order valence-corrected chi connectivity index (χ0v) is 11.9. The van der Waals surface area contributed by atoms with Gasteiger partial charge in [-0.1, -0.05) is 58.2 Å². The summed E-state index contributed by atoms with van der Waals surface area (Å²) in [4.78, 5) is 12.0. The van der Waals surface area contributed by atoms with Crippen LogP contribution in [0.5, 0.6) is 0 Å². The van der Waals surface area contributed by atoms with Crippen LogP contribution in [0.25, 0.3) is 0 Å². The molecule has 0 rings (SSSR count). The molecule has 0 aromatic rings. The Labute approximate surface area is 111 Å². The highest BCUT2D eigenvalue weighted by Crippen LogP contribution is 2.05. The number of carbonyl (C=O) groups is 1. The van der Waals surface area contributed by atoms with Crippen LogP contribution < -0.4 is 11.1 Å². The summed E-state index contributed by atoms with van der Waals surface area (Å²) in [7, 11) is 0. The summed E-state index contributed by atoms with van der Waals surface area (Å²) in [5, 5.41) is 2.90. The summed E-state index contributed by atoms with van der Waals surface area (Å²) in [6, 6.07) is -0.127. The molecule has 1 atom stereocenters. The highest BCUT2D eigenvalue weighted by Gasteiger charge is 2.13. The van der Waals surface area contributed by atoms with E-state index in [1.807, 2.05) is 0 Å². The molecule has 3 nitrogen and oxygen atoms in total. The predicted octanol–water partition coefficient (Wildman–Crippen LogP) is 2.92. The molecule has 1 amide bonds. The van der Waals surface area contributed by atoms with E-state index in [-0.39, 0.29) is 11.9 Å². The first-order chi connectivity index (χ1) is 8.11. The van der Waals surface area contributed by atoms with E-state index in [0.29, 0.717) is 11.4 Å². The lowest BCUT2D eigenvalue weighted by molar-refractivity contribution is -0.121. The molecule has 0 saturated heterocycles. The Bertz CT molecular complexity index is 231. The molecule has 0 aromatic carbocycles. The quantitative estimate of drug-likeness (QED) is 0.468. The first kappa shape index (κ1) is 16.4. The molecule has 0 aliphatic rings. The van der Waals surface area contributed by atoms with Crippen molar-refractivity contribution in [3.63, 3.8) is 0 Å². The third-order valence-electron chi connectivity index (χ3n) is 2.76. The molecule has 0 fully saturated rings. The van der Waals surface area contributed by atoms with Crippen molar-refractivity contribution in [1.29, 1.82) is 0 Å². The van der Waals surface area contributed by atoms with Crippen LogP contribution in [0.3, 0.4) is 0 Å². The molecule has 1 unspecified atom stereocenters. The van der Waals surface area contributed by atoms with Crippen molar-refractivity contribution >= 4 is 23.1 Å². The minimum absolute atomic E-state index is 0.0766. The first-order valence-electron chi connectivity index (χ1n) is 6.70. The fourth-order valence-corrected chi connectivity index (χ4v) is 1.91. The molecule has 0 aromatic heterocycles. The van der Waals surface area contributed by atoms with Crippen LogP contribution >= 0.6 is 12.2 Å². The second-order valence-corrected chi connectivity index (χ2v) is 4.95. The van der Waals surface area contributed by atoms with Gasteiger partial charge < -0.3 is 11.1 Å². The number of carbonyl (C=O) groups excluding carboxylic acids is 1. The lowest BCUT2D eigenvalue weighted by atomic mass is 10.1. The average molecular weight is 258 g/mol. The third kappa shape index (κ3) is 9.10. The Hall–Kier alpha value is -0.640. The van der Waals surface area contributed by atoms with Crippen molar-refractivity contribution in [1.82, 2.24) is 5.32 Å². The van der Waals surface area contributed by atoms with Crippen LogP contribution in [-0.2, 0) is 4.79 Å². The smallest absolute Gasteiger partial charge is 0.220 e. The van der Waals surface area contributed by atoms with Crippen LogP contribution in [0, 0.1) is 0 Å². The lowest BCUT2D eigenvalue weighted by Gasteiger charge is -2.16. The van der Waals surface area contributed by atoms with E-state index in [1.165, 1.54) is 19.3 Å². The van der Waals surface area contributed by atoms with Crippen LogP contribution in [0.4, 0.5) is 0 Å². The van der Waals surface area contributed by atoms with Crippen molar-refractivity contribution in [3.8, 4) is 0 Å². The summed E-state index contributed by atoms with van der Waals surface area (Å²) in [6.07, 6.45) is 8.19. The summed E-state index contributed by atoms with van der Waals surface area (Å²) in [6.45, 7) is 4.24. The van der Waals surface area contributed by atoms with Crippen LogP contribution in [0.15, 0.2) is 0 Å². The minimum Gasteiger partial charge on any atom is -0.392 e. The van der Waals surface area contributed by atoms with E-state index in [2.05, 4.69) is 19.2 Å². The standard InChI is InChI=1S/C13H26N2OS/c1-3-5-6-7-8-10-12(16)15-11(9-4-2)13(14)17/h11H,3-10H2,1-2H3,(H2,14,17)(H,15,16). The van der Waals surface area contributed by atoms with Gasteiger partial charge in [0.15, 0.2) is 0 Å². The van der Waals surface area contributed by atoms with E-state index >= 15 is 0 Å². The van der Waals surface area contributed by atoms with Gasteiger partial charge in [-0.2, -0.15) is 0 Å². The lowest BCUT2D eigenvalue weighted by Crippen LogP contribution is -2.43.